The summed E-state index contributed by atoms with van der Waals surface area (Å²) in [6.07, 6.45) is 2.66. The molecule has 3 rings (SSSR count). The van der Waals surface area contributed by atoms with Crippen LogP contribution >= 0.6 is 0 Å². The molecular weight excluding hydrogens is 331 g/mol. The Morgan fingerprint density at radius 1 is 1.04 bits per heavy atom. The maximum Gasteiger partial charge on any atom is 0.253 e. The third-order valence-electron chi connectivity index (χ3n) is 4.51. The summed E-state index contributed by atoms with van der Waals surface area (Å²) in [6.45, 7) is 9.14. The van der Waals surface area contributed by atoms with Crippen molar-refractivity contribution in [3.8, 4) is 0 Å². The van der Waals surface area contributed by atoms with Gasteiger partial charge < -0.3 is 9.80 Å². The number of benzene rings is 1. The van der Waals surface area contributed by atoms with Crippen LogP contribution < -0.4 is 4.90 Å². The molecule has 0 aliphatic carbocycles. The van der Waals surface area contributed by atoms with Crippen LogP contribution in [0.2, 0.25) is 0 Å². The fraction of sp³-hybridized carbons (Fsp3) is 0.450. The van der Waals surface area contributed by atoms with Gasteiger partial charge in [-0.25, -0.2) is 14.4 Å². The standard InChI is InChI=1S/C20H25FN4O/c1-20(2,3)19-22-10-9-17(23-19)24-11-4-12-25(14-13-24)18(26)15-5-7-16(21)8-6-15/h5-10H,4,11-14H2,1-3H3. The molecule has 2 heterocycles. The molecule has 1 aliphatic rings. The summed E-state index contributed by atoms with van der Waals surface area (Å²) in [4.78, 5) is 25.8. The van der Waals surface area contributed by atoms with E-state index < -0.39 is 0 Å². The minimum absolute atomic E-state index is 0.0510. The van der Waals surface area contributed by atoms with Crippen molar-refractivity contribution in [2.45, 2.75) is 32.6 Å². The Labute approximate surface area is 153 Å². The normalized spacial score (nSPS) is 15.7. The van der Waals surface area contributed by atoms with Crippen molar-refractivity contribution in [3.05, 3.63) is 53.7 Å². The number of carbonyl (C=O) groups is 1. The minimum atomic E-state index is -0.331. The van der Waals surface area contributed by atoms with Gasteiger partial charge in [0.15, 0.2) is 0 Å². The highest BCUT2D eigenvalue weighted by molar-refractivity contribution is 5.94. The zero-order chi connectivity index (χ0) is 18.7. The molecule has 138 valence electrons. The summed E-state index contributed by atoms with van der Waals surface area (Å²) < 4.78 is 13.1. The Balaban J connectivity index is 1.70. The fourth-order valence-corrected chi connectivity index (χ4v) is 3.01. The number of nitrogens with zero attached hydrogens (tertiary/aromatic N) is 4. The molecule has 1 aromatic carbocycles. The Kier molecular flexibility index (Phi) is 5.20. The smallest absolute Gasteiger partial charge is 0.253 e. The molecule has 1 fully saturated rings. The zero-order valence-corrected chi connectivity index (χ0v) is 15.6. The molecule has 5 nitrogen and oxygen atoms in total. The molecular formula is C20H25FN4O. The van der Waals surface area contributed by atoms with E-state index >= 15 is 0 Å². The second-order valence-electron chi connectivity index (χ2n) is 7.63. The van der Waals surface area contributed by atoms with Gasteiger partial charge in [0.25, 0.3) is 5.91 Å². The largest absolute Gasteiger partial charge is 0.355 e. The highest BCUT2D eigenvalue weighted by Crippen LogP contribution is 2.21. The van der Waals surface area contributed by atoms with Gasteiger partial charge in [0.2, 0.25) is 0 Å². The summed E-state index contributed by atoms with van der Waals surface area (Å²) in [5.41, 5.74) is 0.420. The molecule has 0 N–H and O–H groups in total. The number of rotatable bonds is 2. The van der Waals surface area contributed by atoms with E-state index in [1.165, 1.54) is 12.1 Å². The zero-order valence-electron chi connectivity index (χ0n) is 15.6. The van der Waals surface area contributed by atoms with Gasteiger partial charge in [-0.15, -0.1) is 0 Å². The van der Waals surface area contributed by atoms with Crippen molar-refractivity contribution in [2.24, 2.45) is 0 Å². The van der Waals surface area contributed by atoms with Gasteiger partial charge in [0, 0.05) is 43.4 Å². The molecule has 1 saturated heterocycles. The van der Waals surface area contributed by atoms with Crippen LogP contribution in [-0.2, 0) is 5.41 Å². The van der Waals surface area contributed by atoms with Crippen LogP contribution in [0.25, 0.3) is 0 Å². The summed E-state index contributed by atoms with van der Waals surface area (Å²) in [7, 11) is 0. The molecule has 0 saturated carbocycles. The first-order valence-electron chi connectivity index (χ1n) is 8.98. The Morgan fingerprint density at radius 3 is 2.46 bits per heavy atom. The van der Waals surface area contributed by atoms with Crippen LogP contribution in [0.5, 0.6) is 0 Å². The second-order valence-corrected chi connectivity index (χ2v) is 7.63. The number of halogens is 1. The van der Waals surface area contributed by atoms with Gasteiger partial charge >= 0.3 is 0 Å². The number of hydrogen-bond acceptors (Lipinski definition) is 4. The first kappa shape index (κ1) is 18.3. The SMILES string of the molecule is CC(C)(C)c1nccc(N2CCCN(C(=O)c3ccc(F)cc3)CC2)n1. The first-order valence-corrected chi connectivity index (χ1v) is 8.98. The van der Waals surface area contributed by atoms with E-state index in [0.717, 1.165) is 24.6 Å². The summed E-state index contributed by atoms with van der Waals surface area (Å²) in [5.74, 6) is 1.34. The van der Waals surface area contributed by atoms with E-state index in [4.69, 9.17) is 4.98 Å². The van der Waals surface area contributed by atoms with Crippen LogP contribution in [0.4, 0.5) is 10.2 Å². The fourth-order valence-electron chi connectivity index (χ4n) is 3.01. The molecule has 1 amide bonds. The highest BCUT2D eigenvalue weighted by atomic mass is 19.1. The topological polar surface area (TPSA) is 49.3 Å². The van der Waals surface area contributed by atoms with Gasteiger partial charge in [-0.1, -0.05) is 20.8 Å². The highest BCUT2D eigenvalue weighted by Gasteiger charge is 2.23. The van der Waals surface area contributed by atoms with E-state index in [9.17, 15) is 9.18 Å². The van der Waals surface area contributed by atoms with Gasteiger partial charge in [-0.05, 0) is 36.8 Å². The van der Waals surface area contributed by atoms with Crippen LogP contribution in [0.1, 0.15) is 43.4 Å². The van der Waals surface area contributed by atoms with Crippen molar-refractivity contribution < 1.29 is 9.18 Å². The average molecular weight is 356 g/mol. The number of aromatic nitrogens is 2. The molecule has 1 aromatic heterocycles. The van der Waals surface area contributed by atoms with Gasteiger partial charge in [0.1, 0.15) is 17.5 Å². The lowest BCUT2D eigenvalue weighted by atomic mass is 9.96. The van der Waals surface area contributed by atoms with Crippen molar-refractivity contribution in [1.29, 1.82) is 0 Å². The molecule has 1 aliphatic heterocycles. The second kappa shape index (κ2) is 7.40. The molecule has 0 spiro atoms. The molecule has 2 aromatic rings. The third-order valence-corrected chi connectivity index (χ3v) is 4.51. The van der Waals surface area contributed by atoms with Crippen LogP contribution in [0.15, 0.2) is 36.5 Å². The number of anilines is 1. The van der Waals surface area contributed by atoms with Gasteiger partial charge in [-0.3, -0.25) is 4.79 Å². The lowest BCUT2D eigenvalue weighted by Gasteiger charge is -2.24. The molecule has 0 unspecified atom stereocenters. The maximum absolute atomic E-state index is 13.1. The lowest BCUT2D eigenvalue weighted by molar-refractivity contribution is 0.0767. The van der Waals surface area contributed by atoms with Crippen molar-refractivity contribution in [3.63, 3.8) is 0 Å². The monoisotopic (exact) mass is 356 g/mol. The summed E-state index contributed by atoms with van der Waals surface area (Å²) in [5, 5.41) is 0. The number of hydrogen-bond donors (Lipinski definition) is 0. The summed E-state index contributed by atoms with van der Waals surface area (Å²) >= 11 is 0. The van der Waals surface area contributed by atoms with E-state index in [1.54, 1.807) is 18.3 Å². The van der Waals surface area contributed by atoms with Crippen LogP contribution in [0, 0.1) is 5.82 Å². The van der Waals surface area contributed by atoms with Crippen molar-refractivity contribution in [1.82, 2.24) is 14.9 Å². The van der Waals surface area contributed by atoms with Gasteiger partial charge in [-0.2, -0.15) is 0 Å². The Hall–Kier alpha value is -2.50. The van der Waals surface area contributed by atoms with E-state index in [2.05, 4.69) is 30.7 Å². The third kappa shape index (κ3) is 4.18. The van der Waals surface area contributed by atoms with Crippen LogP contribution in [-0.4, -0.2) is 47.0 Å². The predicted octanol–water partition coefficient (Wildman–Crippen LogP) is 3.27. The van der Waals surface area contributed by atoms with E-state index in [0.29, 0.717) is 25.2 Å². The minimum Gasteiger partial charge on any atom is -0.355 e. The van der Waals surface area contributed by atoms with E-state index in [1.807, 2.05) is 11.0 Å². The maximum atomic E-state index is 13.1. The molecule has 26 heavy (non-hydrogen) atoms. The van der Waals surface area contributed by atoms with Crippen molar-refractivity contribution >= 4 is 11.7 Å². The first-order chi connectivity index (χ1) is 12.3. The Bertz CT molecular complexity index is 770. The van der Waals surface area contributed by atoms with Crippen molar-refractivity contribution in [2.75, 3.05) is 31.1 Å². The molecule has 0 atom stereocenters. The predicted molar refractivity (Wildman–Crippen MR) is 99.9 cm³/mol. The van der Waals surface area contributed by atoms with Gasteiger partial charge in [0.05, 0.1) is 0 Å². The molecule has 0 bridgehead atoms. The summed E-state index contributed by atoms with van der Waals surface area (Å²) in [6, 6.07) is 7.66. The number of amides is 1. The molecule has 6 heteroatoms. The van der Waals surface area contributed by atoms with E-state index in [-0.39, 0.29) is 17.1 Å². The average Bonchev–Trinajstić information content (AvgIpc) is 2.87. The Morgan fingerprint density at radius 2 is 1.77 bits per heavy atom. The number of carbonyl (C=O) groups excluding carboxylic acids is 1. The lowest BCUT2D eigenvalue weighted by Crippen LogP contribution is -2.35. The quantitative estimate of drug-likeness (QED) is 0.829. The van der Waals surface area contributed by atoms with Crippen LogP contribution in [0.3, 0.4) is 0 Å². The molecule has 0 radical (unpaired) electrons.